The van der Waals surface area contributed by atoms with Crippen LogP contribution in [-0.4, -0.2) is 22.1 Å². The molecule has 0 aliphatic heterocycles. The summed E-state index contributed by atoms with van der Waals surface area (Å²) >= 11 is 0. The minimum absolute atomic E-state index is 0.0290. The van der Waals surface area contributed by atoms with Gasteiger partial charge >= 0.3 is 5.69 Å². The summed E-state index contributed by atoms with van der Waals surface area (Å²) in [6, 6.07) is 7.51. The molecule has 1 aromatic carbocycles. The highest BCUT2D eigenvalue weighted by Gasteiger charge is 2.06. The van der Waals surface area contributed by atoms with Crippen molar-refractivity contribution in [3.63, 3.8) is 0 Å². The highest BCUT2D eigenvalue weighted by molar-refractivity contribution is 5.35. The third-order valence-electron chi connectivity index (χ3n) is 2.27. The zero-order valence-electron chi connectivity index (χ0n) is 9.30. The number of nitrogens with zero attached hydrogens (tertiary/aromatic N) is 2. The maximum absolute atomic E-state index is 11.1. The van der Waals surface area contributed by atoms with Crippen LogP contribution in [0.15, 0.2) is 29.1 Å². The lowest BCUT2D eigenvalue weighted by Crippen LogP contribution is -2.17. The Labute approximate surface area is 97.5 Å². The molecule has 1 aromatic heterocycles. The van der Waals surface area contributed by atoms with E-state index in [1.165, 1.54) is 0 Å². The zero-order chi connectivity index (χ0) is 12.3. The summed E-state index contributed by atoms with van der Waals surface area (Å²) in [5.41, 5.74) is 5.83. The van der Waals surface area contributed by atoms with Gasteiger partial charge in [-0.3, -0.25) is 4.98 Å². The van der Waals surface area contributed by atoms with Crippen LogP contribution in [0.25, 0.3) is 0 Å². The lowest BCUT2D eigenvalue weighted by Gasteiger charge is -2.07. The van der Waals surface area contributed by atoms with Gasteiger partial charge in [-0.15, -0.1) is 0 Å². The number of rotatable bonds is 3. The number of hydrogen-bond acceptors (Lipinski definition) is 5. The van der Waals surface area contributed by atoms with Crippen LogP contribution in [0.1, 0.15) is 11.4 Å². The number of nitrogen functional groups attached to an aromatic ring is 1. The molecule has 88 valence electrons. The van der Waals surface area contributed by atoms with Crippen molar-refractivity contribution in [3.8, 4) is 5.75 Å². The fraction of sp³-hybridized carbons (Fsp3) is 0.182. The third-order valence-corrected chi connectivity index (χ3v) is 2.27. The first-order valence-corrected chi connectivity index (χ1v) is 5.03. The van der Waals surface area contributed by atoms with Crippen LogP contribution in [0.2, 0.25) is 0 Å². The molecule has 0 saturated carbocycles. The van der Waals surface area contributed by atoms with E-state index in [0.29, 0.717) is 12.2 Å². The van der Waals surface area contributed by atoms with E-state index >= 15 is 0 Å². The van der Waals surface area contributed by atoms with Crippen LogP contribution >= 0.6 is 0 Å². The Bertz CT molecular complexity index is 580. The first-order chi connectivity index (χ1) is 8.19. The van der Waals surface area contributed by atoms with Gasteiger partial charge in [-0.2, -0.15) is 9.97 Å². The van der Waals surface area contributed by atoms with Crippen molar-refractivity contribution in [2.45, 2.75) is 6.42 Å². The Morgan fingerprint density at radius 3 is 2.82 bits per heavy atom. The van der Waals surface area contributed by atoms with E-state index in [9.17, 15) is 4.79 Å². The number of methoxy groups -OCH3 is 1. The van der Waals surface area contributed by atoms with Crippen molar-refractivity contribution < 1.29 is 4.74 Å². The van der Waals surface area contributed by atoms with Crippen molar-refractivity contribution in [1.82, 2.24) is 15.0 Å². The fourth-order valence-corrected chi connectivity index (χ4v) is 1.56. The number of anilines is 1. The lowest BCUT2D eigenvalue weighted by molar-refractivity contribution is 0.410. The average molecular weight is 232 g/mol. The summed E-state index contributed by atoms with van der Waals surface area (Å²) in [6.07, 6.45) is 0.436. The monoisotopic (exact) mass is 232 g/mol. The number of nitrogens with two attached hydrogens (primary N) is 1. The first kappa shape index (κ1) is 11.1. The van der Waals surface area contributed by atoms with Crippen LogP contribution in [0, 0.1) is 0 Å². The molecule has 0 unspecified atom stereocenters. The highest BCUT2D eigenvalue weighted by atomic mass is 16.5. The Morgan fingerprint density at radius 1 is 1.35 bits per heavy atom. The standard InChI is InChI=1S/C11H12N4O2/c1-17-8-5-3-2-4-7(8)6-9-13-10(12)15-11(16)14-9/h2-5H,6H2,1H3,(H3,12,13,14,15,16). The second kappa shape index (κ2) is 4.65. The molecule has 0 fully saturated rings. The molecule has 0 bridgehead atoms. The summed E-state index contributed by atoms with van der Waals surface area (Å²) in [6.45, 7) is 0. The molecule has 6 nitrogen and oxygen atoms in total. The van der Waals surface area contributed by atoms with Crippen molar-refractivity contribution in [2.24, 2.45) is 0 Å². The van der Waals surface area contributed by atoms with Crippen LogP contribution in [0.5, 0.6) is 5.75 Å². The largest absolute Gasteiger partial charge is 0.496 e. The SMILES string of the molecule is COc1ccccc1Cc1nc(N)nc(=O)[nH]1. The smallest absolute Gasteiger partial charge is 0.349 e. The van der Waals surface area contributed by atoms with E-state index in [0.717, 1.165) is 11.3 Å². The molecular weight excluding hydrogens is 220 g/mol. The molecule has 3 N–H and O–H groups in total. The van der Waals surface area contributed by atoms with Crippen molar-refractivity contribution in [1.29, 1.82) is 0 Å². The van der Waals surface area contributed by atoms with E-state index in [4.69, 9.17) is 10.5 Å². The number of nitrogens with one attached hydrogen (secondary N) is 1. The Balaban J connectivity index is 2.34. The van der Waals surface area contributed by atoms with Gasteiger partial charge < -0.3 is 10.5 Å². The van der Waals surface area contributed by atoms with E-state index in [-0.39, 0.29) is 5.95 Å². The highest BCUT2D eigenvalue weighted by Crippen LogP contribution is 2.19. The van der Waals surface area contributed by atoms with Crippen molar-refractivity contribution >= 4 is 5.95 Å². The molecule has 17 heavy (non-hydrogen) atoms. The van der Waals surface area contributed by atoms with Gasteiger partial charge in [-0.1, -0.05) is 18.2 Å². The number of H-pyrrole nitrogens is 1. The van der Waals surface area contributed by atoms with E-state index in [2.05, 4.69) is 15.0 Å². The number of aromatic nitrogens is 3. The normalized spacial score (nSPS) is 10.2. The second-order valence-corrected chi connectivity index (χ2v) is 3.45. The van der Waals surface area contributed by atoms with Gasteiger partial charge in [0.25, 0.3) is 0 Å². The molecule has 0 saturated heterocycles. The second-order valence-electron chi connectivity index (χ2n) is 3.45. The minimum Gasteiger partial charge on any atom is -0.496 e. The summed E-state index contributed by atoms with van der Waals surface area (Å²) in [5, 5.41) is 0. The zero-order valence-corrected chi connectivity index (χ0v) is 9.30. The topological polar surface area (TPSA) is 93.9 Å². The van der Waals surface area contributed by atoms with Crippen LogP contribution in [0.4, 0.5) is 5.95 Å². The number of benzene rings is 1. The maximum atomic E-state index is 11.1. The summed E-state index contributed by atoms with van der Waals surface area (Å²) in [7, 11) is 1.59. The summed E-state index contributed by atoms with van der Waals surface area (Å²) < 4.78 is 5.21. The molecule has 0 spiro atoms. The van der Waals surface area contributed by atoms with Gasteiger partial charge in [-0.05, 0) is 6.07 Å². The molecule has 2 rings (SSSR count). The first-order valence-electron chi connectivity index (χ1n) is 5.03. The van der Waals surface area contributed by atoms with E-state index < -0.39 is 5.69 Å². The number of ether oxygens (including phenoxy) is 1. The average Bonchev–Trinajstić information content (AvgIpc) is 2.28. The molecule has 0 amide bonds. The van der Waals surface area contributed by atoms with E-state index in [1.54, 1.807) is 7.11 Å². The molecular formula is C11H12N4O2. The predicted molar refractivity (Wildman–Crippen MR) is 62.9 cm³/mol. The van der Waals surface area contributed by atoms with Gasteiger partial charge in [0.2, 0.25) is 5.95 Å². The van der Waals surface area contributed by atoms with Crippen LogP contribution in [-0.2, 0) is 6.42 Å². The van der Waals surface area contributed by atoms with E-state index in [1.807, 2.05) is 24.3 Å². The molecule has 0 atom stereocenters. The van der Waals surface area contributed by atoms with Crippen molar-refractivity contribution in [3.05, 3.63) is 46.1 Å². The van der Waals surface area contributed by atoms with Crippen LogP contribution < -0.4 is 16.2 Å². The van der Waals surface area contributed by atoms with Crippen LogP contribution in [0.3, 0.4) is 0 Å². The lowest BCUT2D eigenvalue weighted by atomic mass is 10.1. The van der Waals surface area contributed by atoms with Gasteiger partial charge in [0.1, 0.15) is 11.6 Å². The maximum Gasteiger partial charge on any atom is 0.349 e. The molecule has 2 aromatic rings. The molecule has 0 aliphatic rings. The molecule has 0 radical (unpaired) electrons. The van der Waals surface area contributed by atoms with Gasteiger partial charge in [0.05, 0.1) is 7.11 Å². The minimum atomic E-state index is -0.498. The molecule has 6 heteroatoms. The molecule has 0 aliphatic carbocycles. The number of hydrogen-bond donors (Lipinski definition) is 2. The fourth-order valence-electron chi connectivity index (χ4n) is 1.56. The number of aromatic amines is 1. The van der Waals surface area contributed by atoms with Gasteiger partial charge in [0, 0.05) is 12.0 Å². The Hall–Kier alpha value is -2.37. The third kappa shape index (κ3) is 2.60. The Morgan fingerprint density at radius 2 is 2.12 bits per heavy atom. The quantitative estimate of drug-likeness (QED) is 0.796. The summed E-state index contributed by atoms with van der Waals surface area (Å²) in [4.78, 5) is 21.1. The Kier molecular flexibility index (Phi) is 3.04. The predicted octanol–water partition coefficient (Wildman–Crippen LogP) is 0.346. The molecule has 1 heterocycles. The van der Waals surface area contributed by atoms with Crippen molar-refractivity contribution in [2.75, 3.05) is 12.8 Å². The summed E-state index contributed by atoms with van der Waals surface area (Å²) in [5.74, 6) is 1.18. The number of para-hydroxylation sites is 1. The van der Waals surface area contributed by atoms with Gasteiger partial charge in [-0.25, -0.2) is 4.79 Å². The van der Waals surface area contributed by atoms with Gasteiger partial charge in [0.15, 0.2) is 0 Å².